The molecule has 0 saturated carbocycles. The number of nitrogens with zero attached hydrogens (tertiary/aromatic N) is 2. The van der Waals surface area contributed by atoms with E-state index in [1.807, 2.05) is 91.0 Å². The van der Waals surface area contributed by atoms with Gasteiger partial charge in [-0.1, -0.05) is 107 Å². The van der Waals surface area contributed by atoms with Gasteiger partial charge in [-0.3, -0.25) is 14.4 Å². The van der Waals surface area contributed by atoms with E-state index in [0.717, 1.165) is 21.2 Å². The fourth-order valence-corrected chi connectivity index (χ4v) is 7.31. The van der Waals surface area contributed by atoms with Crippen LogP contribution in [0.4, 0.5) is 4.79 Å². The lowest BCUT2D eigenvalue weighted by Gasteiger charge is -2.31. The number of benzene rings is 4. The van der Waals surface area contributed by atoms with Crippen molar-refractivity contribution in [2.45, 2.75) is 76.3 Å². The van der Waals surface area contributed by atoms with Crippen LogP contribution in [0.3, 0.4) is 0 Å². The molecular weight excluding hydrogens is 776 g/mol. The summed E-state index contributed by atoms with van der Waals surface area (Å²) in [5.74, 6) is -1.92. The van der Waals surface area contributed by atoms with Crippen LogP contribution in [-0.2, 0) is 38.7 Å². The highest BCUT2D eigenvalue weighted by atomic mass is 79.9. The molecule has 1 aromatic heterocycles. The third-order valence-electron chi connectivity index (χ3n) is 10.0. The van der Waals surface area contributed by atoms with Gasteiger partial charge in [0.05, 0.1) is 12.7 Å². The monoisotopic (exact) mass is 822 g/mol. The predicted molar refractivity (Wildman–Crippen MR) is 216 cm³/mol. The average molecular weight is 824 g/mol. The third kappa shape index (κ3) is 11.0. The first-order valence-corrected chi connectivity index (χ1v) is 19.9. The number of para-hydroxylation sites is 2. The molecule has 1 aliphatic heterocycles. The largest absolute Gasteiger partial charge is 0.445 e. The highest BCUT2D eigenvalue weighted by Crippen LogP contribution is 2.30. The number of alkyl carbamates (subject to hydrolysis) is 1. The number of aromatic nitrogens is 1. The summed E-state index contributed by atoms with van der Waals surface area (Å²) in [6.07, 6.45) is 1.28. The number of hydrogen-bond acceptors (Lipinski definition) is 9. The first-order valence-electron chi connectivity index (χ1n) is 19.1. The molecule has 0 radical (unpaired) electrons. The molecule has 2 heterocycles. The molecule has 1 aliphatic rings. The smallest absolute Gasteiger partial charge is 0.408 e. The molecule has 3 N–H and O–H groups in total. The van der Waals surface area contributed by atoms with Gasteiger partial charge < -0.3 is 29.8 Å². The molecule has 0 spiro atoms. The van der Waals surface area contributed by atoms with Gasteiger partial charge in [0.15, 0.2) is 11.4 Å². The zero-order valence-corrected chi connectivity index (χ0v) is 32.8. The van der Waals surface area contributed by atoms with Gasteiger partial charge in [-0.15, -0.1) is 0 Å². The summed E-state index contributed by atoms with van der Waals surface area (Å²) in [6.45, 7) is 0.912. The highest BCUT2D eigenvalue weighted by Gasteiger charge is 2.45. The Morgan fingerprint density at radius 3 is 2.23 bits per heavy atom. The lowest BCUT2D eigenvalue weighted by Crippen LogP contribution is -2.54. The summed E-state index contributed by atoms with van der Waals surface area (Å²) in [7, 11) is 0. The van der Waals surface area contributed by atoms with Crippen molar-refractivity contribution in [2.24, 2.45) is 11.7 Å². The summed E-state index contributed by atoms with van der Waals surface area (Å²) in [5.41, 5.74) is 9.53. The summed E-state index contributed by atoms with van der Waals surface area (Å²) >= 11 is 3.46. The number of aryl methyl sites for hydroxylation is 1. The van der Waals surface area contributed by atoms with Gasteiger partial charge in [0.1, 0.15) is 24.2 Å². The lowest BCUT2D eigenvalue weighted by molar-refractivity contribution is -0.142. The molecule has 4 atom stereocenters. The number of hydrogen-bond donors (Lipinski definition) is 2. The highest BCUT2D eigenvalue weighted by molar-refractivity contribution is 9.10. The summed E-state index contributed by atoms with van der Waals surface area (Å²) in [6, 6.07) is 31.7. The standard InChI is InChI=1S/C44H47BrN4O7/c45-34-21-18-32(19-22-34)28-54-39-24-26-49(40(39)37(50)27-33(15-9-10-25-46)41(51)42-47-35-16-7-8-17-38(35)56-42)43(52)36(23-20-30-11-3-1-4-12-30)48-44(53)55-29-31-13-5-2-6-14-31/h1-8,11-14,16-19,21-22,33,36,39-40H,9-10,15,20,23-29,46H2,(H,48,53)/t33-,36-,39+,40-/m1/s1. The first kappa shape index (κ1) is 40.5. The van der Waals surface area contributed by atoms with Crippen molar-refractivity contribution in [2.75, 3.05) is 13.1 Å². The number of carbonyl (C=O) groups excluding carboxylic acids is 4. The van der Waals surface area contributed by atoms with Crippen molar-refractivity contribution in [1.82, 2.24) is 15.2 Å². The number of amides is 2. The van der Waals surface area contributed by atoms with Gasteiger partial charge in [-0.25, -0.2) is 9.78 Å². The normalized spacial score (nSPS) is 16.4. The molecule has 0 aliphatic carbocycles. The molecule has 292 valence electrons. The molecule has 12 heteroatoms. The summed E-state index contributed by atoms with van der Waals surface area (Å²) < 4.78 is 18.7. The van der Waals surface area contributed by atoms with Gasteiger partial charge in [-0.05, 0) is 79.6 Å². The van der Waals surface area contributed by atoms with Gasteiger partial charge in [0, 0.05) is 23.4 Å². The molecule has 1 fully saturated rings. The fourth-order valence-electron chi connectivity index (χ4n) is 7.05. The van der Waals surface area contributed by atoms with Crippen LogP contribution in [0.5, 0.6) is 0 Å². The van der Waals surface area contributed by atoms with E-state index in [4.69, 9.17) is 19.6 Å². The molecule has 0 bridgehead atoms. The van der Waals surface area contributed by atoms with Crippen molar-refractivity contribution in [3.63, 3.8) is 0 Å². The maximum atomic E-state index is 14.6. The Morgan fingerprint density at radius 2 is 1.52 bits per heavy atom. The zero-order valence-electron chi connectivity index (χ0n) is 31.2. The number of halogens is 1. The van der Waals surface area contributed by atoms with Crippen LogP contribution in [0.2, 0.25) is 0 Å². The lowest BCUT2D eigenvalue weighted by atomic mass is 9.88. The van der Waals surface area contributed by atoms with E-state index in [-0.39, 0.29) is 50.1 Å². The van der Waals surface area contributed by atoms with Crippen molar-refractivity contribution in [3.8, 4) is 0 Å². The van der Waals surface area contributed by atoms with E-state index in [1.54, 1.807) is 18.2 Å². The summed E-state index contributed by atoms with van der Waals surface area (Å²) in [4.78, 5) is 62.4. The van der Waals surface area contributed by atoms with Crippen molar-refractivity contribution >= 4 is 50.6 Å². The van der Waals surface area contributed by atoms with E-state index < -0.39 is 36.1 Å². The van der Waals surface area contributed by atoms with Gasteiger partial charge in [0.25, 0.3) is 5.89 Å². The molecule has 11 nitrogen and oxygen atoms in total. The zero-order chi connectivity index (χ0) is 39.3. The molecular formula is C44H47BrN4O7. The Kier molecular flexibility index (Phi) is 14.6. The minimum Gasteiger partial charge on any atom is -0.445 e. The van der Waals surface area contributed by atoms with Crippen LogP contribution < -0.4 is 11.1 Å². The average Bonchev–Trinajstić information content (AvgIpc) is 3.86. The van der Waals surface area contributed by atoms with Crippen LogP contribution in [0.1, 0.15) is 65.9 Å². The van der Waals surface area contributed by atoms with Gasteiger partial charge in [-0.2, -0.15) is 0 Å². The Hall–Kier alpha value is -5.17. The number of unbranched alkanes of at least 4 members (excludes halogenated alkanes) is 1. The second-order valence-corrected chi connectivity index (χ2v) is 14.9. The summed E-state index contributed by atoms with van der Waals surface area (Å²) in [5, 5.41) is 2.80. The first-order chi connectivity index (χ1) is 27.3. The quantitative estimate of drug-likeness (QED) is 0.0634. The van der Waals surface area contributed by atoms with Crippen molar-refractivity contribution in [1.29, 1.82) is 0 Å². The molecule has 0 unspecified atom stereocenters. The Balaban J connectivity index is 1.25. The SMILES string of the molecule is NCCCC[C@H](CC(=O)[C@@H]1[C@@H](OCc2ccc(Br)cc2)CCN1C(=O)[C@@H](CCc1ccccc1)NC(=O)OCc1ccccc1)C(=O)c1nc2ccccc2o1. The van der Waals surface area contributed by atoms with Crippen LogP contribution in [0, 0.1) is 5.92 Å². The van der Waals surface area contributed by atoms with Crippen molar-refractivity contribution in [3.05, 3.63) is 136 Å². The van der Waals surface area contributed by atoms with E-state index in [0.29, 0.717) is 49.7 Å². The van der Waals surface area contributed by atoms with Gasteiger partial charge >= 0.3 is 6.09 Å². The van der Waals surface area contributed by atoms with Crippen LogP contribution in [0.25, 0.3) is 11.1 Å². The number of ketones is 2. The van der Waals surface area contributed by atoms with Crippen LogP contribution in [-0.4, -0.2) is 64.7 Å². The number of ether oxygens (including phenoxy) is 2. The van der Waals surface area contributed by atoms with Crippen LogP contribution >= 0.6 is 15.9 Å². The van der Waals surface area contributed by atoms with Crippen molar-refractivity contribution < 1.29 is 33.1 Å². The minimum absolute atomic E-state index is 0.0305. The number of fused-ring (bicyclic) bond motifs is 1. The van der Waals surface area contributed by atoms with Crippen LogP contribution in [0.15, 0.2) is 118 Å². The number of carbonyl (C=O) groups is 4. The maximum Gasteiger partial charge on any atom is 0.408 e. The molecule has 4 aromatic carbocycles. The minimum atomic E-state index is -1.01. The Morgan fingerprint density at radius 1 is 0.839 bits per heavy atom. The Bertz CT molecular complexity index is 2030. The number of nitrogens with two attached hydrogens (primary N) is 1. The topological polar surface area (TPSA) is 154 Å². The van der Waals surface area contributed by atoms with E-state index in [2.05, 4.69) is 26.2 Å². The second kappa shape index (κ2) is 20.1. The third-order valence-corrected chi connectivity index (χ3v) is 10.6. The fraction of sp³-hybridized carbons (Fsp3) is 0.341. The predicted octanol–water partition coefficient (Wildman–Crippen LogP) is 7.59. The Labute approximate surface area is 335 Å². The van der Waals surface area contributed by atoms with E-state index in [1.165, 1.54) is 4.90 Å². The van der Waals surface area contributed by atoms with E-state index >= 15 is 0 Å². The number of likely N-dealkylation sites (tertiary alicyclic amines) is 1. The molecule has 1 saturated heterocycles. The maximum absolute atomic E-state index is 14.6. The van der Waals surface area contributed by atoms with Gasteiger partial charge in [0.2, 0.25) is 11.7 Å². The number of nitrogens with one attached hydrogen (secondary N) is 1. The number of oxazole rings is 1. The number of Topliss-reactive ketones (excluding diaryl/α,β-unsaturated/α-hetero) is 2. The molecule has 2 amide bonds. The molecule has 56 heavy (non-hydrogen) atoms. The number of rotatable bonds is 19. The molecule has 5 aromatic rings. The van der Waals surface area contributed by atoms with E-state index in [9.17, 15) is 19.2 Å². The molecule has 6 rings (SSSR count). The second-order valence-electron chi connectivity index (χ2n) is 14.0.